The molecule has 0 aliphatic carbocycles. The van der Waals surface area contributed by atoms with Crippen LogP contribution in [0.25, 0.3) is 0 Å². The molecule has 0 aromatic heterocycles. The molecule has 0 rings (SSSR count). The van der Waals surface area contributed by atoms with Gasteiger partial charge < -0.3 is 4.90 Å². The number of hydrogen-bond donors (Lipinski definition) is 0. The predicted molar refractivity (Wildman–Crippen MR) is 52.1 cm³/mol. The molecule has 76 valence electrons. The fourth-order valence-electron chi connectivity index (χ4n) is 0.861. The largest absolute Gasteiger partial charge is 0.305 e. The highest BCUT2D eigenvalue weighted by molar-refractivity contribution is 7.90. The van der Waals surface area contributed by atoms with Gasteiger partial charge in [-0.3, -0.25) is 0 Å². The van der Waals surface area contributed by atoms with E-state index in [2.05, 4.69) is 6.07 Å². The van der Waals surface area contributed by atoms with Gasteiger partial charge in [-0.25, -0.2) is 8.42 Å². The maximum Gasteiger partial charge on any atom is 0.148 e. The van der Waals surface area contributed by atoms with Gasteiger partial charge in [0.1, 0.15) is 9.84 Å². The summed E-state index contributed by atoms with van der Waals surface area (Å²) in [5, 5.41) is 8.27. The molecule has 0 amide bonds. The van der Waals surface area contributed by atoms with Gasteiger partial charge in [-0.15, -0.1) is 0 Å². The Bertz CT molecular complexity index is 266. The van der Waals surface area contributed by atoms with Crippen molar-refractivity contribution in [2.24, 2.45) is 0 Å². The first-order valence-corrected chi connectivity index (χ1v) is 6.25. The lowest BCUT2D eigenvalue weighted by Crippen LogP contribution is -2.26. The lowest BCUT2D eigenvalue weighted by Gasteiger charge is -2.14. The van der Waals surface area contributed by atoms with Gasteiger partial charge >= 0.3 is 0 Å². The standard InChI is InChI=1S/C8H16N2O2S/c1-10(6-4-3-5-9)7-8-13(2,11)12/h3-4,6-8H2,1-2H3. The number of unbranched alkanes of at least 4 members (excludes halogenated alkanes) is 1. The molecule has 5 heteroatoms. The van der Waals surface area contributed by atoms with Gasteiger partial charge in [0.05, 0.1) is 11.8 Å². The Morgan fingerprint density at radius 2 is 2.00 bits per heavy atom. The minimum atomic E-state index is -2.86. The van der Waals surface area contributed by atoms with E-state index in [0.29, 0.717) is 13.0 Å². The molecule has 13 heavy (non-hydrogen) atoms. The van der Waals surface area contributed by atoms with E-state index in [1.165, 1.54) is 6.26 Å². The highest BCUT2D eigenvalue weighted by Gasteiger charge is 2.04. The van der Waals surface area contributed by atoms with E-state index in [4.69, 9.17) is 5.26 Å². The van der Waals surface area contributed by atoms with Gasteiger partial charge in [-0.1, -0.05) is 0 Å². The van der Waals surface area contributed by atoms with Crippen LogP contribution in [-0.2, 0) is 9.84 Å². The van der Waals surface area contributed by atoms with Gasteiger partial charge in [-0.05, 0) is 20.0 Å². The Balaban J connectivity index is 3.53. The molecule has 0 N–H and O–H groups in total. The zero-order valence-corrected chi connectivity index (χ0v) is 8.97. The van der Waals surface area contributed by atoms with Crippen LogP contribution in [0.3, 0.4) is 0 Å². The normalized spacial score (nSPS) is 11.5. The first-order chi connectivity index (χ1) is 5.95. The van der Waals surface area contributed by atoms with Gasteiger partial charge in [0.25, 0.3) is 0 Å². The lowest BCUT2D eigenvalue weighted by molar-refractivity contribution is 0.349. The molecule has 0 aliphatic heterocycles. The van der Waals surface area contributed by atoms with E-state index >= 15 is 0 Å². The van der Waals surface area contributed by atoms with E-state index in [9.17, 15) is 8.42 Å². The van der Waals surface area contributed by atoms with Crippen LogP contribution < -0.4 is 0 Å². The summed E-state index contributed by atoms with van der Waals surface area (Å²) in [7, 11) is -0.993. The maximum absolute atomic E-state index is 10.8. The van der Waals surface area contributed by atoms with Crippen molar-refractivity contribution in [2.45, 2.75) is 12.8 Å². The SMILES string of the molecule is CN(CCCC#N)CCS(C)(=O)=O. The third-order valence-corrected chi connectivity index (χ3v) is 2.60. The van der Waals surface area contributed by atoms with Crippen molar-refractivity contribution in [3.8, 4) is 6.07 Å². The summed E-state index contributed by atoms with van der Waals surface area (Å²) in [4.78, 5) is 1.93. The van der Waals surface area contributed by atoms with Crippen LogP contribution in [0.1, 0.15) is 12.8 Å². The van der Waals surface area contributed by atoms with E-state index in [1.807, 2.05) is 11.9 Å². The maximum atomic E-state index is 10.8. The van der Waals surface area contributed by atoms with Crippen LogP contribution in [0, 0.1) is 11.3 Å². The summed E-state index contributed by atoms with van der Waals surface area (Å²) < 4.78 is 21.6. The van der Waals surface area contributed by atoms with Crippen LogP contribution in [-0.4, -0.2) is 45.5 Å². The molecule has 0 spiro atoms. The second kappa shape index (κ2) is 5.95. The van der Waals surface area contributed by atoms with Crippen molar-refractivity contribution >= 4 is 9.84 Å². The molecular formula is C8H16N2O2S. The minimum absolute atomic E-state index is 0.191. The summed E-state index contributed by atoms with van der Waals surface area (Å²) >= 11 is 0. The number of nitriles is 1. The summed E-state index contributed by atoms with van der Waals surface area (Å²) in [6.07, 6.45) is 2.57. The highest BCUT2D eigenvalue weighted by Crippen LogP contribution is 1.92. The minimum Gasteiger partial charge on any atom is -0.305 e. The van der Waals surface area contributed by atoms with Crippen LogP contribution in [0.4, 0.5) is 0 Å². The Morgan fingerprint density at radius 3 is 2.46 bits per heavy atom. The first-order valence-electron chi connectivity index (χ1n) is 4.19. The summed E-state index contributed by atoms with van der Waals surface area (Å²) in [5.41, 5.74) is 0. The molecule has 0 bridgehead atoms. The molecule has 0 radical (unpaired) electrons. The molecule has 0 saturated carbocycles. The molecule has 0 atom stereocenters. The average Bonchev–Trinajstić information content (AvgIpc) is 2.00. The molecule has 0 unspecified atom stereocenters. The zero-order valence-electron chi connectivity index (χ0n) is 8.15. The van der Waals surface area contributed by atoms with Crippen molar-refractivity contribution < 1.29 is 8.42 Å². The number of hydrogen-bond acceptors (Lipinski definition) is 4. The Labute approximate surface area is 80.1 Å². The summed E-state index contributed by atoms with van der Waals surface area (Å²) in [5.74, 6) is 0.191. The lowest BCUT2D eigenvalue weighted by atomic mass is 10.3. The van der Waals surface area contributed by atoms with Gasteiger partial charge in [-0.2, -0.15) is 5.26 Å². The van der Waals surface area contributed by atoms with E-state index in [1.54, 1.807) is 0 Å². The van der Waals surface area contributed by atoms with Crippen LogP contribution >= 0.6 is 0 Å². The molecule has 4 nitrogen and oxygen atoms in total. The smallest absolute Gasteiger partial charge is 0.148 e. The summed E-state index contributed by atoms with van der Waals surface area (Å²) in [6, 6.07) is 2.05. The van der Waals surface area contributed by atoms with Crippen LogP contribution in [0.5, 0.6) is 0 Å². The van der Waals surface area contributed by atoms with E-state index in [-0.39, 0.29) is 5.75 Å². The zero-order chi connectivity index (χ0) is 10.3. The number of rotatable bonds is 6. The Morgan fingerprint density at radius 1 is 1.38 bits per heavy atom. The highest BCUT2D eigenvalue weighted by atomic mass is 32.2. The Hall–Kier alpha value is -0.600. The fourth-order valence-corrected chi connectivity index (χ4v) is 1.50. The second-order valence-corrected chi connectivity index (χ2v) is 5.45. The Kier molecular flexibility index (Phi) is 5.67. The van der Waals surface area contributed by atoms with Gasteiger partial charge in [0, 0.05) is 19.2 Å². The number of nitrogens with zero attached hydrogens (tertiary/aromatic N) is 2. The number of sulfone groups is 1. The monoisotopic (exact) mass is 204 g/mol. The molecule has 0 aliphatic rings. The molecule has 0 aromatic carbocycles. The fraction of sp³-hybridized carbons (Fsp3) is 0.875. The average molecular weight is 204 g/mol. The quantitative estimate of drug-likeness (QED) is 0.582. The van der Waals surface area contributed by atoms with Gasteiger partial charge in [0.2, 0.25) is 0 Å². The van der Waals surface area contributed by atoms with Crippen molar-refractivity contribution in [3.05, 3.63) is 0 Å². The molecule has 0 fully saturated rings. The molecular weight excluding hydrogens is 188 g/mol. The predicted octanol–water partition coefficient (Wildman–Crippen LogP) is 0.267. The van der Waals surface area contributed by atoms with E-state index in [0.717, 1.165) is 13.0 Å². The van der Waals surface area contributed by atoms with Crippen molar-refractivity contribution in [1.82, 2.24) is 4.90 Å². The van der Waals surface area contributed by atoms with Crippen molar-refractivity contribution in [1.29, 1.82) is 5.26 Å². The van der Waals surface area contributed by atoms with Crippen LogP contribution in [0.2, 0.25) is 0 Å². The molecule has 0 heterocycles. The first kappa shape index (κ1) is 12.4. The second-order valence-electron chi connectivity index (χ2n) is 3.19. The third-order valence-electron chi connectivity index (χ3n) is 1.67. The topological polar surface area (TPSA) is 61.2 Å². The third kappa shape index (κ3) is 9.31. The van der Waals surface area contributed by atoms with Gasteiger partial charge in [0.15, 0.2) is 0 Å². The van der Waals surface area contributed by atoms with Crippen LogP contribution in [0.15, 0.2) is 0 Å². The molecule has 0 saturated heterocycles. The summed E-state index contributed by atoms with van der Waals surface area (Å²) in [6.45, 7) is 1.33. The molecule has 0 aromatic rings. The van der Waals surface area contributed by atoms with E-state index < -0.39 is 9.84 Å². The van der Waals surface area contributed by atoms with Crippen molar-refractivity contribution in [3.63, 3.8) is 0 Å². The van der Waals surface area contributed by atoms with Crippen molar-refractivity contribution in [2.75, 3.05) is 32.1 Å².